The number of ether oxygens (including phenoxy) is 2. The average Bonchev–Trinajstić information content (AvgIpc) is 3.36. The fourth-order valence-electron chi connectivity index (χ4n) is 2.44. The molecule has 2 aromatic heterocycles. The first kappa shape index (κ1) is 18.1. The topological polar surface area (TPSA) is 90.7 Å². The van der Waals surface area contributed by atoms with Crippen LogP contribution in [0.2, 0.25) is 0 Å². The lowest BCUT2D eigenvalue weighted by molar-refractivity contribution is 0.174. The van der Waals surface area contributed by atoms with Crippen molar-refractivity contribution in [2.24, 2.45) is 0 Å². The fourth-order valence-corrected chi connectivity index (χ4v) is 5.15. The molecule has 0 unspecified atom stereocenters. The number of fused-ring (bicyclic) bond motifs is 1. The van der Waals surface area contributed by atoms with E-state index in [0.29, 0.717) is 27.2 Å². The van der Waals surface area contributed by atoms with Gasteiger partial charge in [-0.3, -0.25) is 0 Å². The molecule has 0 bridgehead atoms. The van der Waals surface area contributed by atoms with Gasteiger partial charge in [-0.25, -0.2) is 13.1 Å². The zero-order valence-electron chi connectivity index (χ0n) is 13.9. The van der Waals surface area contributed by atoms with Crippen molar-refractivity contribution in [3.63, 3.8) is 0 Å². The highest BCUT2D eigenvalue weighted by Gasteiger charge is 2.23. The Kier molecular flexibility index (Phi) is 4.70. The van der Waals surface area contributed by atoms with Crippen molar-refractivity contribution in [1.29, 1.82) is 0 Å². The van der Waals surface area contributed by atoms with E-state index in [-0.39, 0.29) is 16.9 Å². The smallest absolute Gasteiger partial charge is 0.274 e. The second-order valence-electron chi connectivity index (χ2n) is 5.63. The quantitative estimate of drug-likeness (QED) is 0.592. The Hall–Kier alpha value is -2.30. The van der Waals surface area contributed by atoms with Crippen molar-refractivity contribution in [1.82, 2.24) is 5.16 Å². The maximum absolute atomic E-state index is 12.7. The summed E-state index contributed by atoms with van der Waals surface area (Å²) in [6, 6.07) is 7.27. The minimum absolute atomic E-state index is 0.0478. The lowest BCUT2D eigenvalue weighted by atomic mass is 10.1. The van der Waals surface area contributed by atoms with Gasteiger partial charge in [-0.05, 0) is 52.0 Å². The second kappa shape index (κ2) is 7.02. The number of thiophene rings is 1. The highest BCUT2D eigenvalue weighted by molar-refractivity contribution is 9.10. The molecule has 0 saturated heterocycles. The van der Waals surface area contributed by atoms with Crippen LogP contribution in [0.15, 0.2) is 42.9 Å². The van der Waals surface area contributed by atoms with E-state index in [1.165, 1.54) is 0 Å². The molecular formula is C17H13BrN2O5S2. The van der Waals surface area contributed by atoms with Gasteiger partial charge in [0.05, 0.1) is 5.69 Å². The second-order valence-corrected chi connectivity index (χ2v) is 9.21. The maximum Gasteiger partial charge on any atom is 0.274 e. The van der Waals surface area contributed by atoms with Crippen LogP contribution >= 0.6 is 27.3 Å². The molecule has 3 heterocycles. The maximum atomic E-state index is 12.7. The SMILES string of the molecule is Cc1noc(NS(=O)(=O)c2sccc2/C=C/c2ccc3c(c2)OCO3)c1Br. The summed E-state index contributed by atoms with van der Waals surface area (Å²) in [7, 11) is -3.81. The predicted molar refractivity (Wildman–Crippen MR) is 106 cm³/mol. The lowest BCUT2D eigenvalue weighted by Gasteiger charge is -2.04. The summed E-state index contributed by atoms with van der Waals surface area (Å²) in [6.07, 6.45) is 3.56. The number of benzene rings is 1. The molecule has 10 heteroatoms. The number of hydrogen-bond acceptors (Lipinski definition) is 7. The van der Waals surface area contributed by atoms with Crippen LogP contribution in [0.5, 0.6) is 11.5 Å². The normalized spacial score (nSPS) is 13.4. The molecule has 0 spiro atoms. The van der Waals surface area contributed by atoms with Crippen LogP contribution < -0.4 is 14.2 Å². The first-order valence-corrected chi connectivity index (χ1v) is 10.9. The van der Waals surface area contributed by atoms with Gasteiger partial charge >= 0.3 is 0 Å². The molecule has 140 valence electrons. The molecule has 0 saturated carbocycles. The van der Waals surface area contributed by atoms with Gasteiger partial charge in [0.2, 0.25) is 6.79 Å². The summed E-state index contributed by atoms with van der Waals surface area (Å²) < 4.78 is 44.2. The molecule has 1 aromatic carbocycles. The summed E-state index contributed by atoms with van der Waals surface area (Å²) in [4.78, 5) is 0. The number of rotatable bonds is 5. The molecule has 1 aliphatic heterocycles. The number of hydrogen-bond donors (Lipinski definition) is 1. The summed E-state index contributed by atoms with van der Waals surface area (Å²) in [5, 5.41) is 5.44. The van der Waals surface area contributed by atoms with Gasteiger partial charge in [-0.2, -0.15) is 0 Å². The van der Waals surface area contributed by atoms with E-state index in [2.05, 4.69) is 25.8 Å². The minimum atomic E-state index is -3.81. The minimum Gasteiger partial charge on any atom is -0.454 e. The van der Waals surface area contributed by atoms with Crippen molar-refractivity contribution < 1.29 is 22.4 Å². The zero-order valence-corrected chi connectivity index (χ0v) is 17.2. The summed E-state index contributed by atoms with van der Waals surface area (Å²) in [5.74, 6) is 1.41. The van der Waals surface area contributed by atoms with Crippen molar-refractivity contribution >= 4 is 55.3 Å². The Morgan fingerprint density at radius 3 is 2.81 bits per heavy atom. The van der Waals surface area contributed by atoms with E-state index in [1.54, 1.807) is 24.4 Å². The highest BCUT2D eigenvalue weighted by Crippen LogP contribution is 2.34. The number of aromatic nitrogens is 1. The molecule has 0 amide bonds. The van der Waals surface area contributed by atoms with Crippen molar-refractivity contribution in [2.75, 3.05) is 11.5 Å². The van der Waals surface area contributed by atoms with Crippen LogP contribution in [0.25, 0.3) is 12.2 Å². The predicted octanol–water partition coefficient (Wildman–Crippen LogP) is 4.51. The average molecular weight is 469 g/mol. The van der Waals surface area contributed by atoms with E-state index in [9.17, 15) is 8.42 Å². The van der Waals surface area contributed by atoms with Crippen molar-refractivity contribution in [3.8, 4) is 11.5 Å². The van der Waals surface area contributed by atoms with Crippen LogP contribution in [0.3, 0.4) is 0 Å². The van der Waals surface area contributed by atoms with E-state index < -0.39 is 10.0 Å². The number of sulfonamides is 1. The van der Waals surface area contributed by atoms with Gasteiger partial charge in [0.1, 0.15) is 8.68 Å². The van der Waals surface area contributed by atoms with E-state index in [4.69, 9.17) is 14.0 Å². The van der Waals surface area contributed by atoms with Gasteiger partial charge in [-0.15, -0.1) is 11.3 Å². The van der Waals surface area contributed by atoms with Gasteiger partial charge in [0.25, 0.3) is 15.9 Å². The molecule has 0 fully saturated rings. The van der Waals surface area contributed by atoms with Crippen molar-refractivity contribution in [2.45, 2.75) is 11.1 Å². The largest absolute Gasteiger partial charge is 0.454 e. The van der Waals surface area contributed by atoms with E-state index in [0.717, 1.165) is 16.9 Å². The van der Waals surface area contributed by atoms with Gasteiger partial charge < -0.3 is 14.0 Å². The zero-order chi connectivity index (χ0) is 19.0. The Balaban J connectivity index is 1.59. The number of halogens is 1. The van der Waals surface area contributed by atoms with Gasteiger partial charge in [0, 0.05) is 5.56 Å². The third kappa shape index (κ3) is 3.60. The van der Waals surface area contributed by atoms with E-state index >= 15 is 0 Å². The summed E-state index contributed by atoms with van der Waals surface area (Å²) >= 11 is 4.37. The molecule has 3 aromatic rings. The Morgan fingerprint density at radius 1 is 1.22 bits per heavy atom. The van der Waals surface area contributed by atoms with Crippen LogP contribution in [0.4, 0.5) is 5.88 Å². The van der Waals surface area contributed by atoms with Crippen LogP contribution in [0.1, 0.15) is 16.8 Å². The first-order chi connectivity index (χ1) is 12.9. The van der Waals surface area contributed by atoms with Crippen LogP contribution in [-0.2, 0) is 10.0 Å². The summed E-state index contributed by atoms with van der Waals surface area (Å²) in [5.41, 5.74) is 2.00. The van der Waals surface area contributed by atoms with Crippen LogP contribution in [0, 0.1) is 6.92 Å². The van der Waals surface area contributed by atoms with Crippen molar-refractivity contribution in [3.05, 3.63) is 50.9 Å². The molecular weight excluding hydrogens is 456 g/mol. The third-order valence-corrected chi connectivity index (χ3v) is 7.55. The molecule has 1 aliphatic rings. The monoisotopic (exact) mass is 468 g/mol. The Bertz CT molecular complexity index is 1130. The van der Waals surface area contributed by atoms with Gasteiger partial charge in [-0.1, -0.05) is 23.4 Å². The number of nitrogens with zero attached hydrogens (tertiary/aromatic N) is 1. The van der Waals surface area contributed by atoms with Gasteiger partial charge in [0.15, 0.2) is 11.5 Å². The Morgan fingerprint density at radius 2 is 2.04 bits per heavy atom. The van der Waals surface area contributed by atoms with Crippen LogP contribution in [-0.4, -0.2) is 20.4 Å². The lowest BCUT2D eigenvalue weighted by Crippen LogP contribution is -2.12. The molecule has 27 heavy (non-hydrogen) atoms. The van der Waals surface area contributed by atoms with E-state index in [1.807, 2.05) is 24.3 Å². The fraction of sp³-hybridized carbons (Fsp3) is 0.118. The summed E-state index contributed by atoms with van der Waals surface area (Å²) in [6.45, 7) is 1.91. The molecule has 4 rings (SSSR count). The molecule has 0 aliphatic carbocycles. The highest BCUT2D eigenvalue weighted by atomic mass is 79.9. The standard InChI is InChI=1S/C17H13BrN2O5S2/c1-10-15(18)16(25-19-10)20-27(21,22)17-12(6-7-26-17)4-2-11-3-5-13-14(8-11)24-9-23-13/h2-8,20H,9H2,1H3/b4-2+. The Labute approximate surface area is 167 Å². The molecule has 0 atom stereocenters. The number of aryl methyl sites for hydroxylation is 1. The number of anilines is 1. The molecule has 1 N–H and O–H groups in total. The first-order valence-electron chi connectivity index (χ1n) is 7.74. The molecule has 7 nitrogen and oxygen atoms in total. The third-order valence-electron chi connectivity index (χ3n) is 3.77. The number of nitrogens with one attached hydrogen (secondary N) is 1. The molecule has 0 radical (unpaired) electrons.